The average Bonchev–Trinajstić information content (AvgIpc) is 3.24. The largest absolute Gasteiger partial charge is 0.482 e. The Bertz CT molecular complexity index is 1270. The van der Waals surface area contributed by atoms with E-state index in [1.165, 1.54) is 11.0 Å². The number of likely N-dealkylation sites (N-methyl/N-ethyl adjacent to an activating group) is 1. The van der Waals surface area contributed by atoms with E-state index in [0.717, 1.165) is 31.4 Å². The van der Waals surface area contributed by atoms with Gasteiger partial charge in [-0.25, -0.2) is 4.98 Å². The minimum Gasteiger partial charge on any atom is -0.482 e. The van der Waals surface area contributed by atoms with Crippen molar-refractivity contribution in [2.45, 2.75) is 43.8 Å². The van der Waals surface area contributed by atoms with Crippen LogP contribution in [-0.4, -0.2) is 41.5 Å². The number of anilines is 1. The lowest BCUT2D eigenvalue weighted by Crippen LogP contribution is -2.39. The highest BCUT2D eigenvalue weighted by Gasteiger charge is 2.32. The molecule has 2 aromatic carbocycles. The quantitative estimate of drug-likeness (QED) is 0.592. The highest BCUT2D eigenvalue weighted by molar-refractivity contribution is 6.01. The lowest BCUT2D eigenvalue weighted by atomic mass is 9.85. The summed E-state index contributed by atoms with van der Waals surface area (Å²) in [6, 6.07) is 8.38. The fraction of sp³-hybridized carbons (Fsp3) is 0.375. The second kappa shape index (κ2) is 8.34. The van der Waals surface area contributed by atoms with E-state index < -0.39 is 11.7 Å². The van der Waals surface area contributed by atoms with Crippen molar-refractivity contribution in [3.63, 3.8) is 0 Å². The van der Waals surface area contributed by atoms with E-state index in [1.54, 1.807) is 25.2 Å². The van der Waals surface area contributed by atoms with Crippen LogP contribution in [0.15, 0.2) is 36.4 Å². The van der Waals surface area contributed by atoms with Crippen LogP contribution in [0.3, 0.4) is 0 Å². The van der Waals surface area contributed by atoms with Crippen LogP contribution in [0.4, 0.5) is 18.9 Å². The van der Waals surface area contributed by atoms with Gasteiger partial charge in [0.05, 0.1) is 22.3 Å². The molecule has 0 saturated heterocycles. The summed E-state index contributed by atoms with van der Waals surface area (Å²) in [5, 5.41) is 3.06. The highest BCUT2D eigenvalue weighted by atomic mass is 19.4. The lowest BCUT2D eigenvalue weighted by Gasteiger charge is -2.29. The number of nitrogens with zero attached hydrogens (tertiary/aromatic N) is 2. The first-order chi connectivity index (χ1) is 16.2. The molecule has 0 bridgehead atoms. The molecule has 2 heterocycles. The first-order valence-corrected chi connectivity index (χ1v) is 11.1. The first kappa shape index (κ1) is 22.2. The number of halogens is 3. The van der Waals surface area contributed by atoms with E-state index in [-0.39, 0.29) is 35.9 Å². The maximum Gasteiger partial charge on any atom is 0.416 e. The smallest absolute Gasteiger partial charge is 0.416 e. The summed E-state index contributed by atoms with van der Waals surface area (Å²) in [6.45, 7) is -0.0299. The molecule has 2 atom stereocenters. The Morgan fingerprint density at radius 3 is 2.82 bits per heavy atom. The van der Waals surface area contributed by atoms with Crippen molar-refractivity contribution in [2.75, 3.05) is 18.6 Å². The summed E-state index contributed by atoms with van der Waals surface area (Å²) < 4.78 is 44.5. The van der Waals surface area contributed by atoms with E-state index >= 15 is 0 Å². The van der Waals surface area contributed by atoms with Crippen LogP contribution in [0.25, 0.3) is 11.0 Å². The van der Waals surface area contributed by atoms with E-state index in [2.05, 4.69) is 15.3 Å². The fourth-order valence-electron chi connectivity index (χ4n) is 4.65. The third-order valence-corrected chi connectivity index (χ3v) is 6.53. The molecule has 2 aliphatic rings. The number of H-pyrrole nitrogens is 1. The van der Waals surface area contributed by atoms with Crippen LogP contribution in [0.5, 0.6) is 5.75 Å². The number of imidazole rings is 1. The zero-order chi connectivity index (χ0) is 24.0. The molecule has 0 unspecified atom stereocenters. The number of aromatic nitrogens is 2. The van der Waals surface area contributed by atoms with Crippen LogP contribution in [0.1, 0.15) is 53.3 Å². The van der Waals surface area contributed by atoms with Crippen molar-refractivity contribution >= 4 is 28.5 Å². The number of rotatable bonds is 3. The zero-order valence-corrected chi connectivity index (χ0v) is 18.4. The van der Waals surface area contributed by atoms with Gasteiger partial charge in [0.25, 0.3) is 11.8 Å². The van der Waals surface area contributed by atoms with Crippen molar-refractivity contribution in [3.05, 3.63) is 53.3 Å². The van der Waals surface area contributed by atoms with E-state index in [4.69, 9.17) is 4.74 Å². The molecule has 7 nitrogen and oxygen atoms in total. The molecular weight excluding hydrogens is 449 g/mol. The van der Waals surface area contributed by atoms with Crippen LogP contribution < -0.4 is 15.0 Å². The second-order valence-corrected chi connectivity index (χ2v) is 8.81. The number of alkyl halides is 3. The predicted octanol–water partition coefficient (Wildman–Crippen LogP) is 4.39. The molecule has 1 aliphatic carbocycles. The molecule has 0 spiro atoms. The summed E-state index contributed by atoms with van der Waals surface area (Å²) >= 11 is 0. The number of nitrogens with one attached hydrogen (secondary N) is 2. The molecule has 2 N–H and O–H groups in total. The lowest BCUT2D eigenvalue weighted by molar-refractivity contribution is -0.137. The molecular formula is C24H23F3N4O3. The SMILES string of the molecule is CN1C(=O)COc2ccc(C(=O)N[C@@H]3CCC[C@H](c4nc5cc(C(F)(F)F)ccc5[nH]4)C3)cc21. The average molecular weight is 472 g/mol. The van der Waals surface area contributed by atoms with Gasteiger partial charge in [-0.3, -0.25) is 9.59 Å². The maximum atomic E-state index is 13.0. The summed E-state index contributed by atoms with van der Waals surface area (Å²) in [5.41, 5.74) is 1.09. The van der Waals surface area contributed by atoms with Crippen LogP contribution in [-0.2, 0) is 11.0 Å². The number of benzene rings is 2. The summed E-state index contributed by atoms with van der Waals surface area (Å²) in [6.07, 6.45) is -1.30. The molecule has 3 aromatic rings. The van der Waals surface area contributed by atoms with Crippen LogP contribution in [0, 0.1) is 0 Å². The Hall–Kier alpha value is -3.56. The monoisotopic (exact) mass is 472 g/mol. The molecule has 34 heavy (non-hydrogen) atoms. The van der Waals surface area contributed by atoms with Gasteiger partial charge in [0.2, 0.25) is 0 Å². The van der Waals surface area contributed by atoms with Gasteiger partial charge in [-0.2, -0.15) is 13.2 Å². The molecule has 1 fully saturated rings. The molecule has 1 aliphatic heterocycles. The fourth-order valence-corrected chi connectivity index (χ4v) is 4.65. The van der Waals surface area contributed by atoms with Crippen molar-refractivity contribution in [2.24, 2.45) is 0 Å². The Morgan fingerprint density at radius 2 is 2.03 bits per heavy atom. The Balaban J connectivity index is 1.29. The number of carbonyl (C=O) groups excluding carboxylic acids is 2. The standard InChI is InChI=1S/C24H23F3N4O3/c1-31-19-10-14(5-8-20(19)34-12-21(31)32)23(33)28-16-4-2-3-13(9-16)22-29-17-7-6-15(24(25,26)27)11-18(17)30-22/h5-8,10-11,13,16H,2-4,9,12H2,1H3,(H,28,33)(H,29,30)/t13-,16+/m0/s1. The van der Waals surface area contributed by atoms with Crippen LogP contribution >= 0.6 is 0 Å². The predicted molar refractivity (Wildman–Crippen MR) is 119 cm³/mol. The molecule has 5 rings (SSSR count). The normalized spacial score (nSPS) is 20.7. The highest BCUT2D eigenvalue weighted by Crippen LogP contribution is 2.35. The van der Waals surface area contributed by atoms with Gasteiger partial charge in [0.15, 0.2) is 6.61 Å². The minimum atomic E-state index is -4.42. The number of amides is 2. The van der Waals surface area contributed by atoms with Crippen molar-refractivity contribution in [1.82, 2.24) is 15.3 Å². The topological polar surface area (TPSA) is 87.3 Å². The van der Waals surface area contributed by atoms with Gasteiger partial charge in [0, 0.05) is 24.6 Å². The Labute approximate surface area is 193 Å². The number of ether oxygens (including phenoxy) is 1. The van der Waals surface area contributed by atoms with Crippen molar-refractivity contribution in [1.29, 1.82) is 0 Å². The molecule has 0 radical (unpaired) electrons. The molecule has 1 saturated carbocycles. The van der Waals surface area contributed by atoms with Gasteiger partial charge >= 0.3 is 6.18 Å². The Kier molecular flexibility index (Phi) is 5.45. The van der Waals surface area contributed by atoms with Gasteiger partial charge in [-0.15, -0.1) is 0 Å². The van der Waals surface area contributed by atoms with E-state index in [9.17, 15) is 22.8 Å². The van der Waals surface area contributed by atoms with Crippen molar-refractivity contribution < 1.29 is 27.5 Å². The van der Waals surface area contributed by atoms with Gasteiger partial charge in [0.1, 0.15) is 11.6 Å². The van der Waals surface area contributed by atoms with Gasteiger partial charge < -0.3 is 19.9 Å². The van der Waals surface area contributed by atoms with Crippen LogP contribution in [0.2, 0.25) is 0 Å². The summed E-state index contributed by atoms with van der Waals surface area (Å²) in [7, 11) is 1.64. The number of aromatic amines is 1. The third kappa shape index (κ3) is 4.20. The molecule has 10 heteroatoms. The number of hydrogen-bond donors (Lipinski definition) is 2. The molecule has 178 valence electrons. The Morgan fingerprint density at radius 1 is 1.21 bits per heavy atom. The summed E-state index contributed by atoms with van der Waals surface area (Å²) in [4.78, 5) is 33.9. The van der Waals surface area contributed by atoms with E-state index in [0.29, 0.717) is 34.8 Å². The van der Waals surface area contributed by atoms with Gasteiger partial charge in [-0.05, 0) is 55.7 Å². The number of hydrogen-bond acceptors (Lipinski definition) is 4. The van der Waals surface area contributed by atoms with Gasteiger partial charge in [-0.1, -0.05) is 6.42 Å². The third-order valence-electron chi connectivity index (χ3n) is 6.53. The molecule has 2 amide bonds. The second-order valence-electron chi connectivity index (χ2n) is 8.81. The number of fused-ring (bicyclic) bond motifs is 2. The minimum absolute atomic E-state index is 0.00137. The van der Waals surface area contributed by atoms with Crippen molar-refractivity contribution in [3.8, 4) is 5.75 Å². The number of carbonyl (C=O) groups is 2. The zero-order valence-electron chi connectivity index (χ0n) is 18.4. The molecule has 1 aromatic heterocycles. The first-order valence-electron chi connectivity index (χ1n) is 11.1. The maximum absolute atomic E-state index is 13.0. The van der Waals surface area contributed by atoms with E-state index in [1.807, 2.05) is 0 Å². The summed E-state index contributed by atoms with van der Waals surface area (Å²) in [5.74, 6) is 0.753.